The van der Waals surface area contributed by atoms with Gasteiger partial charge in [-0.05, 0) is 31.5 Å². The number of nitrogens with zero attached hydrogens (tertiary/aromatic N) is 1. The molecule has 15 heavy (non-hydrogen) atoms. The molecule has 4 heteroatoms. The van der Waals surface area contributed by atoms with E-state index in [9.17, 15) is 0 Å². The Morgan fingerprint density at radius 1 is 1.27 bits per heavy atom. The maximum atomic E-state index is 8.60. The summed E-state index contributed by atoms with van der Waals surface area (Å²) < 4.78 is 5.46. The molecule has 0 amide bonds. The highest BCUT2D eigenvalue weighted by Gasteiger charge is 2.04. The maximum Gasteiger partial charge on any atom is 0.119 e. The number of halogens is 1. The third kappa shape index (κ3) is 4.20. The molecule has 0 saturated carbocycles. The van der Waals surface area contributed by atoms with Crippen LogP contribution in [0.5, 0.6) is 5.75 Å². The predicted molar refractivity (Wildman–Crippen MR) is 62.0 cm³/mol. The first-order chi connectivity index (χ1) is 6.63. The highest BCUT2D eigenvalue weighted by atomic mass is 35.5. The molecule has 0 aliphatic heterocycles. The molecule has 82 valence electrons. The van der Waals surface area contributed by atoms with Crippen molar-refractivity contribution in [2.45, 2.75) is 26.0 Å². The van der Waals surface area contributed by atoms with Crippen molar-refractivity contribution in [1.82, 2.24) is 0 Å². The molecule has 1 rings (SSSR count). The van der Waals surface area contributed by atoms with Gasteiger partial charge >= 0.3 is 0 Å². The van der Waals surface area contributed by atoms with Crippen LogP contribution in [0.25, 0.3) is 0 Å². The van der Waals surface area contributed by atoms with Gasteiger partial charge in [0.25, 0.3) is 0 Å². The number of ether oxygens (including phenoxy) is 1. The SMILES string of the molecule is CC(C)Oc1ccc(C(N)C#N)cc1.Cl. The standard InChI is InChI=1S/C11H14N2O.ClH/c1-8(2)14-10-5-3-9(4-6-10)11(13)7-12;/h3-6,8,11H,13H2,1-2H3;1H. The van der Waals surface area contributed by atoms with Gasteiger partial charge in [-0.1, -0.05) is 12.1 Å². The van der Waals surface area contributed by atoms with Crippen molar-refractivity contribution in [2.75, 3.05) is 0 Å². The van der Waals surface area contributed by atoms with Crippen molar-refractivity contribution in [3.05, 3.63) is 29.8 Å². The summed E-state index contributed by atoms with van der Waals surface area (Å²) >= 11 is 0. The minimum atomic E-state index is -0.553. The molecule has 1 unspecified atom stereocenters. The first-order valence-corrected chi connectivity index (χ1v) is 4.55. The molecule has 0 bridgehead atoms. The smallest absolute Gasteiger partial charge is 0.119 e. The van der Waals surface area contributed by atoms with Gasteiger partial charge in [-0.3, -0.25) is 0 Å². The molecule has 0 heterocycles. The van der Waals surface area contributed by atoms with Crippen LogP contribution in [0, 0.1) is 11.3 Å². The number of hydrogen-bond donors (Lipinski definition) is 1. The summed E-state index contributed by atoms with van der Waals surface area (Å²) in [4.78, 5) is 0. The van der Waals surface area contributed by atoms with Crippen molar-refractivity contribution < 1.29 is 4.74 Å². The average Bonchev–Trinajstić information content (AvgIpc) is 2.17. The van der Waals surface area contributed by atoms with E-state index < -0.39 is 6.04 Å². The summed E-state index contributed by atoms with van der Waals surface area (Å²) in [5, 5.41) is 8.60. The summed E-state index contributed by atoms with van der Waals surface area (Å²) in [6.45, 7) is 3.93. The molecule has 0 spiro atoms. The number of rotatable bonds is 3. The quantitative estimate of drug-likeness (QED) is 0.861. The van der Waals surface area contributed by atoms with Gasteiger partial charge in [0.05, 0.1) is 12.2 Å². The highest BCUT2D eigenvalue weighted by Crippen LogP contribution is 2.16. The largest absolute Gasteiger partial charge is 0.491 e. The van der Waals surface area contributed by atoms with Crippen LogP contribution < -0.4 is 10.5 Å². The summed E-state index contributed by atoms with van der Waals surface area (Å²) in [6.07, 6.45) is 0.158. The summed E-state index contributed by atoms with van der Waals surface area (Å²) in [6, 6.07) is 8.70. The molecule has 0 fully saturated rings. The molecule has 3 nitrogen and oxygen atoms in total. The van der Waals surface area contributed by atoms with Crippen LogP contribution >= 0.6 is 12.4 Å². The molecule has 1 atom stereocenters. The van der Waals surface area contributed by atoms with E-state index in [1.165, 1.54) is 0 Å². The molecular weight excluding hydrogens is 212 g/mol. The Hall–Kier alpha value is -1.24. The van der Waals surface area contributed by atoms with Crippen LogP contribution in [-0.4, -0.2) is 6.10 Å². The van der Waals surface area contributed by atoms with Crippen LogP contribution in [0.15, 0.2) is 24.3 Å². The lowest BCUT2D eigenvalue weighted by Gasteiger charge is -2.10. The van der Waals surface area contributed by atoms with Gasteiger partial charge in [0.15, 0.2) is 0 Å². The number of benzene rings is 1. The van der Waals surface area contributed by atoms with Gasteiger partial charge in [0, 0.05) is 0 Å². The molecule has 1 aromatic rings. The lowest BCUT2D eigenvalue weighted by molar-refractivity contribution is 0.242. The van der Waals surface area contributed by atoms with E-state index >= 15 is 0 Å². The molecule has 2 N–H and O–H groups in total. The zero-order valence-electron chi connectivity index (χ0n) is 8.81. The lowest BCUT2D eigenvalue weighted by Crippen LogP contribution is -2.08. The first-order valence-electron chi connectivity index (χ1n) is 4.55. The maximum absolute atomic E-state index is 8.60. The molecule has 0 aliphatic carbocycles. The average molecular weight is 227 g/mol. The Morgan fingerprint density at radius 3 is 2.20 bits per heavy atom. The Balaban J connectivity index is 0.00000196. The second-order valence-corrected chi connectivity index (χ2v) is 3.34. The molecular formula is C11H15ClN2O. The van der Waals surface area contributed by atoms with Crippen LogP contribution in [0.4, 0.5) is 0 Å². The van der Waals surface area contributed by atoms with Crippen molar-refractivity contribution in [3.8, 4) is 11.8 Å². The van der Waals surface area contributed by atoms with Crippen molar-refractivity contribution in [3.63, 3.8) is 0 Å². The van der Waals surface area contributed by atoms with E-state index in [0.717, 1.165) is 11.3 Å². The third-order valence-corrected chi connectivity index (χ3v) is 1.75. The normalized spacial score (nSPS) is 11.4. The topological polar surface area (TPSA) is 59.0 Å². The zero-order chi connectivity index (χ0) is 10.6. The molecule has 0 saturated heterocycles. The molecule has 0 radical (unpaired) electrons. The van der Waals surface area contributed by atoms with Crippen LogP contribution in [0.2, 0.25) is 0 Å². The number of nitriles is 1. The van der Waals surface area contributed by atoms with Gasteiger partial charge in [0.1, 0.15) is 11.8 Å². The first kappa shape index (κ1) is 13.8. The van der Waals surface area contributed by atoms with Crippen LogP contribution in [0.3, 0.4) is 0 Å². The second-order valence-electron chi connectivity index (χ2n) is 3.34. The van der Waals surface area contributed by atoms with E-state index in [-0.39, 0.29) is 18.5 Å². The monoisotopic (exact) mass is 226 g/mol. The Kier molecular flexibility index (Phi) is 5.76. The van der Waals surface area contributed by atoms with Crippen LogP contribution in [-0.2, 0) is 0 Å². The minimum absolute atomic E-state index is 0. The molecule has 0 aliphatic rings. The van der Waals surface area contributed by atoms with Crippen molar-refractivity contribution in [2.24, 2.45) is 5.73 Å². The van der Waals surface area contributed by atoms with Crippen LogP contribution in [0.1, 0.15) is 25.5 Å². The highest BCUT2D eigenvalue weighted by molar-refractivity contribution is 5.85. The van der Waals surface area contributed by atoms with Gasteiger partial charge in [-0.25, -0.2) is 0 Å². The fourth-order valence-corrected chi connectivity index (χ4v) is 1.10. The fourth-order valence-electron chi connectivity index (χ4n) is 1.10. The summed E-state index contributed by atoms with van der Waals surface area (Å²) in [5.41, 5.74) is 6.35. The van der Waals surface area contributed by atoms with E-state index in [4.69, 9.17) is 15.7 Å². The van der Waals surface area contributed by atoms with Gasteiger partial charge in [0.2, 0.25) is 0 Å². The predicted octanol–water partition coefficient (Wildman–Crippen LogP) is 2.42. The molecule has 1 aromatic carbocycles. The Morgan fingerprint density at radius 2 is 1.80 bits per heavy atom. The Labute approximate surface area is 96.3 Å². The number of hydrogen-bond acceptors (Lipinski definition) is 3. The lowest BCUT2D eigenvalue weighted by atomic mass is 10.1. The second kappa shape index (κ2) is 6.28. The Bertz CT molecular complexity index is 329. The summed E-state index contributed by atoms with van der Waals surface area (Å²) in [7, 11) is 0. The van der Waals surface area contributed by atoms with Crippen molar-refractivity contribution >= 4 is 12.4 Å². The van der Waals surface area contributed by atoms with E-state index in [2.05, 4.69) is 0 Å². The molecule has 0 aromatic heterocycles. The van der Waals surface area contributed by atoms with Gasteiger partial charge in [-0.15, -0.1) is 12.4 Å². The van der Waals surface area contributed by atoms with E-state index in [1.54, 1.807) is 0 Å². The van der Waals surface area contributed by atoms with Crippen molar-refractivity contribution in [1.29, 1.82) is 5.26 Å². The fraction of sp³-hybridized carbons (Fsp3) is 0.364. The van der Waals surface area contributed by atoms with Gasteiger partial charge < -0.3 is 10.5 Å². The summed E-state index contributed by atoms with van der Waals surface area (Å²) in [5.74, 6) is 0.800. The number of nitrogens with two attached hydrogens (primary N) is 1. The zero-order valence-corrected chi connectivity index (χ0v) is 9.62. The minimum Gasteiger partial charge on any atom is -0.491 e. The van der Waals surface area contributed by atoms with E-state index in [0.29, 0.717) is 0 Å². The van der Waals surface area contributed by atoms with Gasteiger partial charge in [-0.2, -0.15) is 5.26 Å². The van der Waals surface area contributed by atoms with E-state index in [1.807, 2.05) is 44.2 Å². The third-order valence-electron chi connectivity index (χ3n) is 1.75.